The van der Waals surface area contributed by atoms with Crippen LogP contribution in [0.3, 0.4) is 0 Å². The van der Waals surface area contributed by atoms with Crippen LogP contribution in [0.1, 0.15) is 39.5 Å². The Morgan fingerprint density at radius 3 is 2.31 bits per heavy atom. The largest absolute Gasteiger partial charge is 0.383 e. The van der Waals surface area contributed by atoms with Gasteiger partial charge < -0.3 is 10.5 Å². The maximum atomic E-state index is 5.98. The Labute approximate surface area is 100 Å². The van der Waals surface area contributed by atoms with Gasteiger partial charge in [-0.05, 0) is 38.3 Å². The van der Waals surface area contributed by atoms with Crippen molar-refractivity contribution in [2.24, 2.45) is 11.7 Å². The summed E-state index contributed by atoms with van der Waals surface area (Å²) in [6.45, 7) is 8.36. The lowest BCUT2D eigenvalue weighted by Gasteiger charge is -2.46. The average molecular weight is 228 g/mol. The molecule has 2 N–H and O–H groups in total. The molecule has 1 saturated heterocycles. The van der Waals surface area contributed by atoms with Crippen LogP contribution < -0.4 is 5.73 Å². The quantitative estimate of drug-likeness (QED) is 0.754. The minimum atomic E-state index is 0.0768. The molecule has 1 fully saturated rings. The summed E-state index contributed by atoms with van der Waals surface area (Å²) >= 11 is 0. The predicted octanol–water partition coefficient (Wildman–Crippen LogP) is 1.86. The molecule has 1 aliphatic rings. The molecule has 96 valence electrons. The summed E-state index contributed by atoms with van der Waals surface area (Å²) < 4.78 is 5.37. The van der Waals surface area contributed by atoms with Crippen LogP contribution in [-0.2, 0) is 4.74 Å². The number of piperidine rings is 1. The molecule has 1 rings (SSSR count). The molecular formula is C13H28N2O. The molecular weight excluding hydrogens is 200 g/mol. The molecule has 3 heteroatoms. The smallest absolute Gasteiger partial charge is 0.0658 e. The second-order valence-corrected chi connectivity index (χ2v) is 5.05. The van der Waals surface area contributed by atoms with E-state index < -0.39 is 0 Å². The first-order valence-electron chi connectivity index (χ1n) is 6.66. The van der Waals surface area contributed by atoms with Crippen molar-refractivity contribution in [2.45, 2.75) is 45.1 Å². The first kappa shape index (κ1) is 13.9. The highest BCUT2D eigenvalue weighted by Crippen LogP contribution is 2.27. The molecule has 0 spiro atoms. The fourth-order valence-corrected chi connectivity index (χ4v) is 2.83. The van der Waals surface area contributed by atoms with Gasteiger partial charge in [-0.1, -0.05) is 20.3 Å². The van der Waals surface area contributed by atoms with Gasteiger partial charge in [-0.25, -0.2) is 0 Å². The number of methoxy groups -OCH3 is 1. The summed E-state index contributed by atoms with van der Waals surface area (Å²) in [4.78, 5) is 2.56. The summed E-state index contributed by atoms with van der Waals surface area (Å²) in [6, 6.07) is 0. The number of nitrogens with zero attached hydrogens (tertiary/aromatic N) is 1. The number of ether oxygens (including phenoxy) is 1. The molecule has 0 radical (unpaired) electrons. The lowest BCUT2D eigenvalue weighted by molar-refractivity contribution is -0.00786. The zero-order valence-electron chi connectivity index (χ0n) is 11.2. The standard InChI is InChI=1S/C13H28N2O/c1-4-12-6-8-15(9-7-12)13(5-2,10-14)11-16-3/h12H,4-11,14H2,1-3H3. The number of rotatable bonds is 6. The normalized spacial score (nSPS) is 23.2. The zero-order valence-corrected chi connectivity index (χ0v) is 11.2. The van der Waals surface area contributed by atoms with E-state index in [1.54, 1.807) is 7.11 Å². The van der Waals surface area contributed by atoms with Crippen molar-refractivity contribution in [1.82, 2.24) is 4.90 Å². The third-order valence-electron chi connectivity index (χ3n) is 4.31. The van der Waals surface area contributed by atoms with Crippen LogP contribution in [0.4, 0.5) is 0 Å². The Balaban J connectivity index is 2.59. The first-order chi connectivity index (χ1) is 7.72. The Morgan fingerprint density at radius 1 is 1.31 bits per heavy atom. The number of nitrogens with two attached hydrogens (primary N) is 1. The van der Waals surface area contributed by atoms with Crippen LogP contribution in [0.5, 0.6) is 0 Å². The molecule has 0 aromatic rings. The highest BCUT2D eigenvalue weighted by molar-refractivity contribution is 4.92. The fourth-order valence-electron chi connectivity index (χ4n) is 2.83. The fraction of sp³-hybridized carbons (Fsp3) is 1.00. The molecule has 1 unspecified atom stereocenters. The van der Waals surface area contributed by atoms with Crippen molar-refractivity contribution in [1.29, 1.82) is 0 Å². The summed E-state index contributed by atoms with van der Waals surface area (Å²) in [5, 5.41) is 0. The minimum absolute atomic E-state index is 0.0768. The molecule has 0 saturated carbocycles. The predicted molar refractivity (Wildman–Crippen MR) is 68.5 cm³/mol. The van der Waals surface area contributed by atoms with Gasteiger partial charge in [-0.2, -0.15) is 0 Å². The molecule has 3 nitrogen and oxygen atoms in total. The van der Waals surface area contributed by atoms with Gasteiger partial charge in [0.05, 0.1) is 12.1 Å². The topological polar surface area (TPSA) is 38.5 Å². The maximum Gasteiger partial charge on any atom is 0.0658 e. The first-order valence-corrected chi connectivity index (χ1v) is 6.66. The lowest BCUT2D eigenvalue weighted by atomic mass is 9.88. The van der Waals surface area contributed by atoms with Crippen molar-refractivity contribution >= 4 is 0 Å². The molecule has 0 aromatic heterocycles. The Bertz CT molecular complexity index is 184. The summed E-state index contributed by atoms with van der Waals surface area (Å²) in [7, 11) is 1.78. The molecule has 1 heterocycles. The Morgan fingerprint density at radius 2 is 1.94 bits per heavy atom. The molecule has 0 amide bonds. The maximum absolute atomic E-state index is 5.98. The monoisotopic (exact) mass is 228 g/mol. The van der Waals surface area contributed by atoms with Crippen LogP contribution in [0.25, 0.3) is 0 Å². The van der Waals surface area contributed by atoms with Crippen molar-refractivity contribution in [2.75, 3.05) is 33.4 Å². The van der Waals surface area contributed by atoms with E-state index in [0.717, 1.165) is 18.9 Å². The number of likely N-dealkylation sites (tertiary alicyclic amines) is 1. The van der Waals surface area contributed by atoms with Crippen LogP contribution in [-0.4, -0.2) is 43.8 Å². The Kier molecular flexibility index (Phi) is 5.73. The van der Waals surface area contributed by atoms with E-state index in [2.05, 4.69) is 18.7 Å². The van der Waals surface area contributed by atoms with E-state index in [0.29, 0.717) is 6.54 Å². The minimum Gasteiger partial charge on any atom is -0.383 e. The van der Waals surface area contributed by atoms with Crippen LogP contribution >= 0.6 is 0 Å². The van der Waals surface area contributed by atoms with Gasteiger partial charge in [0.2, 0.25) is 0 Å². The highest BCUT2D eigenvalue weighted by atomic mass is 16.5. The third-order valence-corrected chi connectivity index (χ3v) is 4.31. The van der Waals surface area contributed by atoms with Gasteiger partial charge in [0.1, 0.15) is 0 Å². The van der Waals surface area contributed by atoms with E-state index >= 15 is 0 Å². The summed E-state index contributed by atoms with van der Waals surface area (Å²) in [5.74, 6) is 0.922. The van der Waals surface area contributed by atoms with Gasteiger partial charge in [-0.15, -0.1) is 0 Å². The van der Waals surface area contributed by atoms with Crippen LogP contribution in [0.15, 0.2) is 0 Å². The van der Waals surface area contributed by atoms with Crippen LogP contribution in [0, 0.1) is 5.92 Å². The van der Waals surface area contributed by atoms with E-state index in [1.165, 1.54) is 32.4 Å². The van der Waals surface area contributed by atoms with E-state index in [4.69, 9.17) is 10.5 Å². The molecule has 16 heavy (non-hydrogen) atoms. The molecule has 1 atom stereocenters. The molecule has 0 aromatic carbocycles. The Hall–Kier alpha value is -0.120. The average Bonchev–Trinajstić information content (AvgIpc) is 2.36. The van der Waals surface area contributed by atoms with E-state index in [-0.39, 0.29) is 5.54 Å². The SMILES string of the molecule is CCC1CCN(C(CC)(CN)COC)CC1. The van der Waals surface area contributed by atoms with Crippen LogP contribution in [0.2, 0.25) is 0 Å². The molecule has 1 aliphatic heterocycles. The van der Waals surface area contributed by atoms with Crippen molar-refractivity contribution in [3.8, 4) is 0 Å². The second kappa shape index (κ2) is 6.58. The highest BCUT2D eigenvalue weighted by Gasteiger charge is 2.35. The summed E-state index contributed by atoms with van der Waals surface area (Å²) in [5.41, 5.74) is 6.06. The molecule has 0 bridgehead atoms. The molecule has 0 aliphatic carbocycles. The van der Waals surface area contributed by atoms with Crippen molar-refractivity contribution < 1.29 is 4.74 Å². The zero-order chi connectivity index (χ0) is 12.0. The number of hydrogen-bond donors (Lipinski definition) is 1. The summed E-state index contributed by atoms with van der Waals surface area (Å²) in [6.07, 6.45) is 5.04. The lowest BCUT2D eigenvalue weighted by Crippen LogP contribution is -2.58. The van der Waals surface area contributed by atoms with Gasteiger partial charge in [0, 0.05) is 13.7 Å². The van der Waals surface area contributed by atoms with Gasteiger partial charge >= 0.3 is 0 Å². The van der Waals surface area contributed by atoms with Gasteiger partial charge in [0.15, 0.2) is 0 Å². The second-order valence-electron chi connectivity index (χ2n) is 5.05. The van der Waals surface area contributed by atoms with Gasteiger partial charge in [0.25, 0.3) is 0 Å². The van der Waals surface area contributed by atoms with E-state index in [9.17, 15) is 0 Å². The van der Waals surface area contributed by atoms with E-state index in [1.807, 2.05) is 0 Å². The van der Waals surface area contributed by atoms with Gasteiger partial charge in [-0.3, -0.25) is 4.90 Å². The van der Waals surface area contributed by atoms with Crippen molar-refractivity contribution in [3.63, 3.8) is 0 Å². The van der Waals surface area contributed by atoms with Crippen molar-refractivity contribution in [3.05, 3.63) is 0 Å². The third kappa shape index (κ3) is 2.96. The number of hydrogen-bond acceptors (Lipinski definition) is 3.